The van der Waals surface area contributed by atoms with Crippen molar-refractivity contribution in [1.82, 2.24) is 40.4 Å². The van der Waals surface area contributed by atoms with Crippen molar-refractivity contribution in [2.24, 2.45) is 0 Å². The number of ether oxygens (including phenoxy) is 2. The minimum atomic E-state index is -1.28. The largest absolute Gasteiger partial charge is 0.496 e. The van der Waals surface area contributed by atoms with Crippen LogP contribution in [0.5, 0.6) is 5.75 Å². The molecular formula is C48H46N8O8. The van der Waals surface area contributed by atoms with Gasteiger partial charge in [0.2, 0.25) is 0 Å². The molecule has 326 valence electrons. The van der Waals surface area contributed by atoms with E-state index in [1.807, 2.05) is 66.7 Å². The Morgan fingerprint density at radius 3 is 1.81 bits per heavy atom. The summed E-state index contributed by atoms with van der Waals surface area (Å²) in [5.74, 6) is 1.90. The van der Waals surface area contributed by atoms with E-state index in [4.69, 9.17) is 18.9 Å². The third kappa shape index (κ3) is 8.24. The van der Waals surface area contributed by atoms with Gasteiger partial charge in [0.25, 0.3) is 11.8 Å². The van der Waals surface area contributed by atoms with Gasteiger partial charge in [-0.2, -0.15) is 0 Å². The van der Waals surface area contributed by atoms with Crippen LogP contribution < -0.4 is 15.4 Å². The van der Waals surface area contributed by atoms with Crippen LogP contribution in [0.2, 0.25) is 0 Å². The molecule has 2 aliphatic rings. The molecular weight excluding hydrogens is 817 g/mol. The summed E-state index contributed by atoms with van der Waals surface area (Å²) in [5, 5.41) is 15.5. The van der Waals surface area contributed by atoms with Gasteiger partial charge in [-0.05, 0) is 73.2 Å². The second-order valence-corrected chi connectivity index (χ2v) is 15.8. The molecule has 0 radical (unpaired) electrons. The predicted molar refractivity (Wildman–Crippen MR) is 236 cm³/mol. The number of nitrogens with zero attached hydrogens (tertiary/aromatic N) is 4. The van der Waals surface area contributed by atoms with Crippen molar-refractivity contribution in [3.63, 3.8) is 0 Å². The van der Waals surface area contributed by atoms with Crippen LogP contribution in [0.1, 0.15) is 72.6 Å². The molecule has 7 aromatic rings. The molecule has 16 nitrogen and oxygen atoms in total. The molecule has 4 aromatic carbocycles. The summed E-state index contributed by atoms with van der Waals surface area (Å²) in [5.41, 5.74) is 5.88. The average Bonchev–Trinajstić information content (AvgIpc) is 4.19. The van der Waals surface area contributed by atoms with Gasteiger partial charge in [-0.25, -0.2) is 19.6 Å². The smallest absolute Gasteiger partial charge is 0.407 e. The maximum atomic E-state index is 14.0. The van der Waals surface area contributed by atoms with Crippen LogP contribution in [0.15, 0.2) is 120 Å². The van der Waals surface area contributed by atoms with Gasteiger partial charge in [0.05, 0.1) is 55.6 Å². The zero-order chi connectivity index (χ0) is 44.3. The second kappa shape index (κ2) is 17.8. The van der Waals surface area contributed by atoms with E-state index >= 15 is 0 Å². The molecule has 0 aliphatic carbocycles. The number of rotatable bonds is 12. The molecule has 0 saturated carbocycles. The number of hydrogen-bond donors (Lipinski definition) is 5. The second-order valence-electron chi connectivity index (χ2n) is 15.8. The van der Waals surface area contributed by atoms with Gasteiger partial charge < -0.3 is 49.4 Å². The highest BCUT2D eigenvalue weighted by Crippen LogP contribution is 2.40. The maximum absolute atomic E-state index is 14.0. The molecule has 0 bridgehead atoms. The standard InChI is InChI=1S/C48H46N8O8/c1-62-39-24-31(35-27-50-44(52-35)36-15-9-21-55(36)45(57)41(53-47(59)60)28-11-5-3-6-12-28)17-19-33(39)40-25-32-23-30(18-20-38(32)64-40)34-26-49-43(51-34)37-16-10-22-56(37)46(58)42(54-48(61)63-2)29-13-7-4-8-14-29/h3-8,11-14,17-20,23-27,36-37,41-42,53H,9-10,15-16,21-22H2,1-2H3,(H,49,51)(H,50,52)(H,54,61)(H,59,60)/t36-,37?,41+,42?/m0/s1. The van der Waals surface area contributed by atoms with Crippen LogP contribution >= 0.6 is 0 Å². The van der Waals surface area contributed by atoms with Gasteiger partial charge in [0, 0.05) is 29.6 Å². The number of carbonyl (C=O) groups is 4. The highest BCUT2D eigenvalue weighted by molar-refractivity contribution is 5.90. The van der Waals surface area contributed by atoms with Gasteiger partial charge in [-0.15, -0.1) is 0 Å². The molecule has 2 saturated heterocycles. The normalized spacial score (nSPS) is 17.0. The van der Waals surface area contributed by atoms with Crippen LogP contribution in [-0.2, 0) is 14.3 Å². The number of furan rings is 1. The lowest BCUT2D eigenvalue weighted by atomic mass is 10.0. The lowest BCUT2D eigenvalue weighted by Crippen LogP contribution is -2.42. The fourth-order valence-corrected chi connectivity index (χ4v) is 8.84. The molecule has 9 rings (SSSR count). The van der Waals surface area contributed by atoms with Crippen molar-refractivity contribution >= 4 is 35.0 Å². The minimum absolute atomic E-state index is 0.239. The average molecular weight is 863 g/mol. The Hall–Kier alpha value is -7.88. The van der Waals surface area contributed by atoms with E-state index < -0.39 is 24.3 Å². The number of methoxy groups -OCH3 is 2. The summed E-state index contributed by atoms with van der Waals surface area (Å²) >= 11 is 0. The fraction of sp³-hybridized carbons (Fsp3) is 0.250. The van der Waals surface area contributed by atoms with Crippen molar-refractivity contribution < 1.29 is 38.2 Å². The number of H-pyrrole nitrogens is 2. The first kappa shape index (κ1) is 41.5. The number of benzene rings is 4. The Bertz CT molecular complexity index is 2820. The van der Waals surface area contributed by atoms with Gasteiger partial charge in [-0.1, -0.05) is 66.7 Å². The number of alkyl carbamates (subject to hydrolysis) is 1. The van der Waals surface area contributed by atoms with E-state index in [1.54, 1.807) is 65.7 Å². The number of amides is 4. The highest BCUT2D eigenvalue weighted by atomic mass is 16.5. The molecule has 3 aromatic heterocycles. The van der Waals surface area contributed by atoms with E-state index in [9.17, 15) is 24.3 Å². The monoisotopic (exact) mass is 862 g/mol. The highest BCUT2D eigenvalue weighted by Gasteiger charge is 2.38. The number of aromatic nitrogens is 4. The summed E-state index contributed by atoms with van der Waals surface area (Å²) in [6, 6.07) is 29.0. The third-order valence-electron chi connectivity index (χ3n) is 12.0. The van der Waals surface area contributed by atoms with Crippen molar-refractivity contribution in [2.45, 2.75) is 49.9 Å². The molecule has 2 unspecified atom stereocenters. The van der Waals surface area contributed by atoms with Crippen molar-refractivity contribution in [3.05, 3.63) is 138 Å². The molecule has 2 fully saturated rings. The summed E-state index contributed by atoms with van der Waals surface area (Å²) in [4.78, 5) is 71.5. The Morgan fingerprint density at radius 1 is 0.719 bits per heavy atom. The lowest BCUT2D eigenvalue weighted by molar-refractivity contribution is -0.135. The van der Waals surface area contributed by atoms with Crippen LogP contribution in [0, 0.1) is 0 Å². The van der Waals surface area contributed by atoms with Gasteiger partial charge in [0.15, 0.2) is 0 Å². The van der Waals surface area contributed by atoms with Crippen LogP contribution in [0.3, 0.4) is 0 Å². The number of carbonyl (C=O) groups excluding carboxylic acids is 3. The number of imidazole rings is 2. The van der Waals surface area contributed by atoms with Gasteiger partial charge >= 0.3 is 12.2 Å². The van der Waals surface area contributed by atoms with Gasteiger partial charge in [-0.3, -0.25) is 9.59 Å². The van der Waals surface area contributed by atoms with Crippen molar-refractivity contribution in [3.8, 4) is 39.6 Å². The number of likely N-dealkylation sites (tertiary alicyclic amines) is 2. The Balaban J connectivity index is 0.915. The summed E-state index contributed by atoms with van der Waals surface area (Å²) in [6.45, 7) is 1.00. The summed E-state index contributed by atoms with van der Waals surface area (Å²) in [7, 11) is 2.87. The SMILES string of the molecule is COC(=O)NC(C(=O)N1CCCC1c1ncc(-c2ccc3oc(-c4ccc(-c5cnc([C@@H]6CCCN6C(=O)[C@H](NC(=O)O)c6ccccc6)[nH]5)cc4OC)cc3c2)[nH]1)c1ccccc1. The van der Waals surface area contributed by atoms with Crippen LogP contribution in [0.4, 0.5) is 9.59 Å². The Labute approximate surface area is 367 Å². The number of hydrogen-bond acceptors (Lipinski definition) is 9. The number of nitrogens with one attached hydrogen (secondary N) is 4. The van der Waals surface area contributed by atoms with E-state index in [0.29, 0.717) is 65.8 Å². The lowest BCUT2D eigenvalue weighted by Gasteiger charge is -2.28. The molecule has 5 N–H and O–H groups in total. The molecule has 16 heteroatoms. The van der Waals surface area contributed by atoms with Crippen molar-refractivity contribution in [1.29, 1.82) is 0 Å². The van der Waals surface area contributed by atoms with Crippen molar-refractivity contribution in [2.75, 3.05) is 27.3 Å². The minimum Gasteiger partial charge on any atom is -0.496 e. The molecule has 64 heavy (non-hydrogen) atoms. The quantitative estimate of drug-likeness (QED) is 0.0794. The molecule has 0 spiro atoms. The first-order valence-corrected chi connectivity index (χ1v) is 21.1. The first-order valence-electron chi connectivity index (χ1n) is 21.1. The number of aromatic amines is 2. The summed E-state index contributed by atoms with van der Waals surface area (Å²) in [6.07, 6.45) is 4.46. The van der Waals surface area contributed by atoms with E-state index in [-0.39, 0.29) is 23.9 Å². The predicted octanol–water partition coefficient (Wildman–Crippen LogP) is 8.32. The molecule has 4 amide bonds. The molecule has 4 atom stereocenters. The summed E-state index contributed by atoms with van der Waals surface area (Å²) < 4.78 is 17.1. The molecule has 2 aliphatic heterocycles. The topological polar surface area (TPSA) is 208 Å². The van der Waals surface area contributed by atoms with E-state index in [2.05, 4.69) is 25.6 Å². The number of carboxylic acid groups (broad SMARTS) is 1. The zero-order valence-electron chi connectivity index (χ0n) is 35.1. The van der Waals surface area contributed by atoms with E-state index in [1.165, 1.54) is 7.11 Å². The molecule has 5 heterocycles. The fourth-order valence-electron chi connectivity index (χ4n) is 8.84. The van der Waals surface area contributed by atoms with Crippen LogP contribution in [0.25, 0.3) is 44.8 Å². The number of fused-ring (bicyclic) bond motifs is 1. The maximum Gasteiger partial charge on any atom is 0.407 e. The zero-order valence-corrected chi connectivity index (χ0v) is 35.1. The van der Waals surface area contributed by atoms with Crippen LogP contribution in [-0.4, -0.2) is 86.2 Å². The van der Waals surface area contributed by atoms with Gasteiger partial charge in [0.1, 0.15) is 40.8 Å². The first-order chi connectivity index (χ1) is 31.2. The Morgan fingerprint density at radius 2 is 1.27 bits per heavy atom. The Kier molecular flexibility index (Phi) is 11.6. The third-order valence-corrected chi connectivity index (χ3v) is 12.0. The van der Waals surface area contributed by atoms with E-state index in [0.717, 1.165) is 46.3 Å².